The monoisotopic (exact) mass is 347 g/mol. The number of nitro groups is 1. The molecule has 2 amide bonds. The first kappa shape index (κ1) is 17.4. The van der Waals surface area contributed by atoms with Crippen molar-refractivity contribution in [3.8, 4) is 0 Å². The third-order valence-electron chi connectivity index (χ3n) is 3.16. The van der Waals surface area contributed by atoms with Gasteiger partial charge in [-0.15, -0.1) is 0 Å². The molecule has 0 unspecified atom stereocenters. The zero-order valence-electron chi connectivity index (χ0n) is 12.7. The fourth-order valence-corrected chi connectivity index (χ4v) is 2.09. The van der Waals surface area contributed by atoms with Crippen molar-refractivity contribution >= 4 is 40.5 Å². The Morgan fingerprint density at radius 2 is 1.79 bits per heavy atom. The average molecular weight is 348 g/mol. The van der Waals surface area contributed by atoms with Gasteiger partial charge in [-0.3, -0.25) is 19.7 Å². The van der Waals surface area contributed by atoms with E-state index in [-0.39, 0.29) is 22.3 Å². The lowest BCUT2D eigenvalue weighted by Gasteiger charge is -2.08. The Morgan fingerprint density at radius 3 is 2.33 bits per heavy atom. The van der Waals surface area contributed by atoms with Crippen LogP contribution in [-0.2, 0) is 4.79 Å². The molecule has 124 valence electrons. The Hall–Kier alpha value is -2.93. The Kier molecular flexibility index (Phi) is 5.49. The van der Waals surface area contributed by atoms with E-state index in [1.807, 2.05) is 0 Å². The first-order valence-corrected chi connectivity index (χ1v) is 7.43. The molecule has 7 nitrogen and oxygen atoms in total. The van der Waals surface area contributed by atoms with Crippen LogP contribution in [0.2, 0.25) is 5.02 Å². The number of carbonyl (C=O) groups excluding carboxylic acids is 2. The Morgan fingerprint density at radius 1 is 1.12 bits per heavy atom. The molecule has 0 spiro atoms. The number of amides is 2. The van der Waals surface area contributed by atoms with Crippen molar-refractivity contribution in [2.24, 2.45) is 0 Å². The number of anilines is 2. The van der Waals surface area contributed by atoms with Gasteiger partial charge in [-0.25, -0.2) is 0 Å². The van der Waals surface area contributed by atoms with Gasteiger partial charge in [0.1, 0.15) is 0 Å². The molecule has 2 aromatic carbocycles. The molecule has 0 aliphatic rings. The molecular weight excluding hydrogens is 334 g/mol. The molecule has 2 N–H and O–H groups in total. The zero-order valence-corrected chi connectivity index (χ0v) is 13.5. The first-order chi connectivity index (χ1) is 11.4. The molecule has 24 heavy (non-hydrogen) atoms. The van der Waals surface area contributed by atoms with Gasteiger partial charge < -0.3 is 10.6 Å². The predicted octanol–water partition coefficient (Wildman–Crippen LogP) is 3.85. The van der Waals surface area contributed by atoms with Crippen LogP contribution in [0.25, 0.3) is 0 Å². The van der Waals surface area contributed by atoms with Crippen LogP contribution >= 0.6 is 11.6 Å². The quantitative estimate of drug-likeness (QED) is 0.633. The van der Waals surface area contributed by atoms with Gasteiger partial charge in [0.25, 0.3) is 11.6 Å². The minimum Gasteiger partial charge on any atom is -0.326 e. The summed E-state index contributed by atoms with van der Waals surface area (Å²) in [5, 5.41) is 16.0. The van der Waals surface area contributed by atoms with Gasteiger partial charge in [-0.1, -0.05) is 18.5 Å². The second-order valence-corrected chi connectivity index (χ2v) is 5.26. The van der Waals surface area contributed by atoms with Crippen LogP contribution in [0.5, 0.6) is 0 Å². The summed E-state index contributed by atoms with van der Waals surface area (Å²) in [6, 6.07) is 10.1. The van der Waals surface area contributed by atoms with Gasteiger partial charge in [-0.2, -0.15) is 0 Å². The van der Waals surface area contributed by atoms with Crippen LogP contribution in [0, 0.1) is 10.1 Å². The van der Waals surface area contributed by atoms with Crippen LogP contribution < -0.4 is 10.6 Å². The number of nitrogens with one attached hydrogen (secondary N) is 2. The Bertz CT molecular complexity index is 790. The van der Waals surface area contributed by atoms with E-state index < -0.39 is 10.8 Å². The van der Waals surface area contributed by atoms with Crippen molar-refractivity contribution in [3.63, 3.8) is 0 Å². The highest BCUT2D eigenvalue weighted by Gasteiger charge is 2.12. The lowest BCUT2D eigenvalue weighted by atomic mass is 10.2. The van der Waals surface area contributed by atoms with Crippen molar-refractivity contribution < 1.29 is 14.5 Å². The lowest BCUT2D eigenvalue weighted by molar-refractivity contribution is -0.384. The summed E-state index contributed by atoms with van der Waals surface area (Å²) < 4.78 is 0. The summed E-state index contributed by atoms with van der Waals surface area (Å²) in [6.07, 6.45) is 0.362. The molecule has 0 atom stereocenters. The number of rotatable bonds is 5. The maximum atomic E-state index is 12.2. The minimum atomic E-state index is -0.569. The highest BCUT2D eigenvalue weighted by atomic mass is 35.5. The number of hydrogen-bond donors (Lipinski definition) is 2. The molecule has 0 saturated heterocycles. The second-order valence-electron chi connectivity index (χ2n) is 4.85. The molecule has 0 aliphatic carbocycles. The molecule has 0 aliphatic heterocycles. The van der Waals surface area contributed by atoms with Gasteiger partial charge in [0.15, 0.2) is 0 Å². The third kappa shape index (κ3) is 4.30. The Balaban J connectivity index is 2.09. The van der Waals surface area contributed by atoms with Gasteiger partial charge in [-0.05, 0) is 30.3 Å². The van der Waals surface area contributed by atoms with Crippen molar-refractivity contribution in [2.45, 2.75) is 13.3 Å². The number of halogens is 1. The largest absolute Gasteiger partial charge is 0.326 e. The number of hydrogen-bond acceptors (Lipinski definition) is 4. The van der Waals surface area contributed by atoms with E-state index in [2.05, 4.69) is 10.6 Å². The highest BCUT2D eigenvalue weighted by molar-refractivity contribution is 6.34. The summed E-state index contributed by atoms with van der Waals surface area (Å²) >= 11 is 5.94. The maximum Gasteiger partial charge on any atom is 0.271 e. The SMILES string of the molecule is CCC(=O)Nc1ccc(C(=O)Nc2ccc([N+](=O)[O-])cc2Cl)cc1. The maximum absolute atomic E-state index is 12.2. The van der Waals surface area contributed by atoms with E-state index in [0.717, 1.165) is 0 Å². The molecular formula is C16H14ClN3O4. The molecule has 2 aromatic rings. The minimum absolute atomic E-state index is 0.0735. The lowest BCUT2D eigenvalue weighted by Crippen LogP contribution is -2.13. The van der Waals surface area contributed by atoms with Crippen molar-refractivity contribution in [3.05, 3.63) is 63.2 Å². The number of non-ortho nitro benzene ring substituents is 1. The smallest absolute Gasteiger partial charge is 0.271 e. The van der Waals surface area contributed by atoms with Gasteiger partial charge in [0, 0.05) is 29.8 Å². The molecule has 0 saturated carbocycles. The fraction of sp³-hybridized carbons (Fsp3) is 0.125. The fourth-order valence-electron chi connectivity index (χ4n) is 1.87. The van der Waals surface area contributed by atoms with E-state index in [0.29, 0.717) is 17.7 Å². The Labute approximate surface area is 142 Å². The van der Waals surface area contributed by atoms with Crippen molar-refractivity contribution in [2.75, 3.05) is 10.6 Å². The summed E-state index contributed by atoms with van der Waals surface area (Å²) in [7, 11) is 0. The van der Waals surface area contributed by atoms with Gasteiger partial charge >= 0.3 is 0 Å². The summed E-state index contributed by atoms with van der Waals surface area (Å²) in [5.74, 6) is -0.538. The molecule has 0 fully saturated rings. The number of nitrogens with zero attached hydrogens (tertiary/aromatic N) is 1. The number of nitro benzene ring substituents is 1. The van der Waals surface area contributed by atoms with E-state index in [1.54, 1.807) is 31.2 Å². The van der Waals surface area contributed by atoms with E-state index in [4.69, 9.17) is 11.6 Å². The molecule has 8 heteroatoms. The van der Waals surface area contributed by atoms with Crippen LogP contribution in [0.1, 0.15) is 23.7 Å². The number of benzene rings is 2. The van der Waals surface area contributed by atoms with E-state index in [9.17, 15) is 19.7 Å². The third-order valence-corrected chi connectivity index (χ3v) is 3.48. The molecule has 0 radical (unpaired) electrons. The molecule has 0 aromatic heterocycles. The van der Waals surface area contributed by atoms with Crippen molar-refractivity contribution in [1.29, 1.82) is 0 Å². The standard InChI is InChI=1S/C16H14ClN3O4/c1-2-15(21)18-11-5-3-10(4-6-11)16(22)19-14-8-7-12(20(23)24)9-13(14)17/h3-9H,2H2,1H3,(H,18,21)(H,19,22). The summed E-state index contributed by atoms with van der Waals surface area (Å²) in [6.45, 7) is 1.74. The second kappa shape index (κ2) is 7.56. The summed E-state index contributed by atoms with van der Waals surface area (Å²) in [5.41, 5.74) is 1.07. The number of carbonyl (C=O) groups is 2. The summed E-state index contributed by atoms with van der Waals surface area (Å²) in [4.78, 5) is 33.6. The van der Waals surface area contributed by atoms with Crippen LogP contribution in [0.3, 0.4) is 0 Å². The van der Waals surface area contributed by atoms with Crippen molar-refractivity contribution in [1.82, 2.24) is 0 Å². The predicted molar refractivity (Wildman–Crippen MR) is 91.4 cm³/mol. The molecule has 2 rings (SSSR count). The van der Waals surface area contributed by atoms with Crippen LogP contribution in [-0.4, -0.2) is 16.7 Å². The first-order valence-electron chi connectivity index (χ1n) is 7.06. The van der Waals surface area contributed by atoms with Gasteiger partial charge in [0.05, 0.1) is 15.6 Å². The molecule has 0 heterocycles. The van der Waals surface area contributed by atoms with E-state index >= 15 is 0 Å². The van der Waals surface area contributed by atoms with E-state index in [1.165, 1.54) is 18.2 Å². The topological polar surface area (TPSA) is 101 Å². The molecule has 0 bridgehead atoms. The van der Waals surface area contributed by atoms with Gasteiger partial charge in [0.2, 0.25) is 5.91 Å². The average Bonchev–Trinajstić information content (AvgIpc) is 2.56. The van der Waals surface area contributed by atoms with Crippen LogP contribution in [0.4, 0.5) is 17.1 Å². The van der Waals surface area contributed by atoms with Crippen LogP contribution in [0.15, 0.2) is 42.5 Å². The zero-order chi connectivity index (χ0) is 17.7. The normalized spacial score (nSPS) is 10.1. The highest BCUT2D eigenvalue weighted by Crippen LogP contribution is 2.27.